The summed E-state index contributed by atoms with van der Waals surface area (Å²) in [7, 11) is 0. The summed E-state index contributed by atoms with van der Waals surface area (Å²) in [5, 5.41) is 10.1. The molecule has 0 aromatic heterocycles. The van der Waals surface area contributed by atoms with Gasteiger partial charge in [-0.3, -0.25) is 0 Å². The summed E-state index contributed by atoms with van der Waals surface area (Å²) in [4.78, 5) is 0. The van der Waals surface area contributed by atoms with Crippen molar-refractivity contribution in [3.05, 3.63) is 63.9 Å². The van der Waals surface area contributed by atoms with Gasteiger partial charge in [-0.05, 0) is 35.4 Å². The van der Waals surface area contributed by atoms with E-state index in [9.17, 15) is 9.50 Å². The lowest BCUT2D eigenvalue weighted by Gasteiger charge is -2.12. The van der Waals surface area contributed by atoms with Gasteiger partial charge in [-0.15, -0.1) is 0 Å². The van der Waals surface area contributed by atoms with Gasteiger partial charge in [-0.25, -0.2) is 4.39 Å². The molecule has 1 atom stereocenters. The van der Waals surface area contributed by atoms with Crippen LogP contribution < -0.4 is 5.73 Å². The van der Waals surface area contributed by atoms with E-state index in [1.54, 1.807) is 36.4 Å². The second-order valence-electron chi connectivity index (χ2n) is 4.13. The van der Waals surface area contributed by atoms with Crippen LogP contribution in [-0.2, 0) is 6.42 Å². The molecule has 18 heavy (non-hydrogen) atoms. The van der Waals surface area contributed by atoms with Crippen LogP contribution in [0.25, 0.3) is 0 Å². The zero-order chi connectivity index (χ0) is 13.1. The average Bonchev–Trinajstić information content (AvgIpc) is 2.32. The lowest BCUT2D eigenvalue weighted by atomic mass is 10.0. The molecule has 2 nitrogen and oxygen atoms in total. The molecule has 2 aromatic rings. The SMILES string of the molecule is Nc1cccc(C(O)Cc2ccc(Br)cc2F)c1. The number of anilines is 1. The molecular weight excluding hydrogens is 297 g/mol. The second-order valence-corrected chi connectivity index (χ2v) is 5.04. The molecule has 0 saturated heterocycles. The Morgan fingerprint density at radius 3 is 2.67 bits per heavy atom. The first-order valence-corrected chi connectivity index (χ1v) is 6.33. The van der Waals surface area contributed by atoms with Gasteiger partial charge in [0.25, 0.3) is 0 Å². The average molecular weight is 310 g/mol. The Labute approximate surface area is 113 Å². The quantitative estimate of drug-likeness (QED) is 0.853. The summed E-state index contributed by atoms with van der Waals surface area (Å²) < 4.78 is 14.3. The van der Waals surface area contributed by atoms with Crippen LogP contribution in [0.15, 0.2) is 46.9 Å². The van der Waals surface area contributed by atoms with Gasteiger partial charge in [-0.2, -0.15) is 0 Å². The fourth-order valence-electron chi connectivity index (χ4n) is 1.78. The summed E-state index contributed by atoms with van der Waals surface area (Å²) in [6.45, 7) is 0. The van der Waals surface area contributed by atoms with E-state index in [4.69, 9.17) is 5.73 Å². The molecule has 94 valence electrons. The first-order chi connectivity index (χ1) is 8.56. The lowest BCUT2D eigenvalue weighted by molar-refractivity contribution is 0.177. The standard InChI is InChI=1S/C14H13BrFNO/c15-11-5-4-9(13(16)8-11)7-14(18)10-2-1-3-12(17)6-10/h1-6,8,14,18H,7,17H2. The Morgan fingerprint density at radius 2 is 2.00 bits per heavy atom. The first-order valence-electron chi connectivity index (χ1n) is 5.53. The van der Waals surface area contributed by atoms with Crippen molar-refractivity contribution in [1.82, 2.24) is 0 Å². The molecule has 0 aliphatic heterocycles. The zero-order valence-corrected chi connectivity index (χ0v) is 11.2. The third kappa shape index (κ3) is 3.09. The van der Waals surface area contributed by atoms with Gasteiger partial charge in [0.05, 0.1) is 6.10 Å². The summed E-state index contributed by atoms with van der Waals surface area (Å²) in [5.41, 5.74) is 7.41. The number of aliphatic hydroxyl groups excluding tert-OH is 1. The molecule has 3 N–H and O–H groups in total. The molecule has 4 heteroatoms. The monoisotopic (exact) mass is 309 g/mol. The van der Waals surface area contributed by atoms with Gasteiger partial charge in [0.15, 0.2) is 0 Å². The summed E-state index contributed by atoms with van der Waals surface area (Å²) in [6, 6.07) is 11.8. The maximum Gasteiger partial charge on any atom is 0.127 e. The van der Waals surface area contributed by atoms with Crippen LogP contribution in [0.3, 0.4) is 0 Å². The molecule has 0 saturated carbocycles. The number of hydrogen-bond acceptors (Lipinski definition) is 2. The van der Waals surface area contributed by atoms with Crippen molar-refractivity contribution in [2.24, 2.45) is 0 Å². The normalized spacial score (nSPS) is 12.4. The lowest BCUT2D eigenvalue weighted by Crippen LogP contribution is -2.04. The van der Waals surface area contributed by atoms with E-state index in [1.165, 1.54) is 6.07 Å². The summed E-state index contributed by atoms with van der Waals surface area (Å²) in [5.74, 6) is -0.327. The molecule has 0 aliphatic carbocycles. The maximum absolute atomic E-state index is 13.6. The van der Waals surface area contributed by atoms with E-state index >= 15 is 0 Å². The van der Waals surface area contributed by atoms with E-state index in [0.29, 0.717) is 21.3 Å². The van der Waals surface area contributed by atoms with Gasteiger partial charge in [0.1, 0.15) is 5.82 Å². The number of benzene rings is 2. The van der Waals surface area contributed by atoms with Gasteiger partial charge >= 0.3 is 0 Å². The van der Waals surface area contributed by atoms with Gasteiger partial charge in [0, 0.05) is 16.6 Å². The Balaban J connectivity index is 2.18. The van der Waals surface area contributed by atoms with Crippen LogP contribution in [0, 0.1) is 5.82 Å². The fourth-order valence-corrected chi connectivity index (χ4v) is 2.11. The highest BCUT2D eigenvalue weighted by Gasteiger charge is 2.12. The Hall–Kier alpha value is -1.39. The minimum absolute atomic E-state index is 0.225. The predicted octanol–water partition coefficient (Wildman–Crippen LogP) is 3.45. The molecule has 0 bridgehead atoms. The van der Waals surface area contributed by atoms with Crippen LogP contribution in [0.4, 0.5) is 10.1 Å². The van der Waals surface area contributed by atoms with Crippen LogP contribution >= 0.6 is 15.9 Å². The van der Waals surface area contributed by atoms with E-state index in [-0.39, 0.29) is 12.2 Å². The molecule has 0 spiro atoms. The molecule has 2 rings (SSSR count). The third-order valence-electron chi connectivity index (χ3n) is 2.72. The van der Waals surface area contributed by atoms with Crippen molar-refractivity contribution in [1.29, 1.82) is 0 Å². The second kappa shape index (κ2) is 5.50. The Bertz CT molecular complexity index is 559. The van der Waals surface area contributed by atoms with Gasteiger partial charge in [-0.1, -0.05) is 34.1 Å². The van der Waals surface area contributed by atoms with Crippen molar-refractivity contribution in [2.75, 3.05) is 5.73 Å². The molecule has 2 aromatic carbocycles. The predicted molar refractivity (Wildman–Crippen MR) is 73.6 cm³/mol. The van der Waals surface area contributed by atoms with E-state index in [2.05, 4.69) is 15.9 Å². The van der Waals surface area contributed by atoms with E-state index in [0.717, 1.165) is 0 Å². The van der Waals surface area contributed by atoms with Crippen LogP contribution in [0.1, 0.15) is 17.2 Å². The van der Waals surface area contributed by atoms with Crippen molar-refractivity contribution >= 4 is 21.6 Å². The Kier molecular flexibility index (Phi) is 3.99. The van der Waals surface area contributed by atoms with Crippen molar-refractivity contribution < 1.29 is 9.50 Å². The number of nitrogens with two attached hydrogens (primary N) is 1. The highest BCUT2D eigenvalue weighted by atomic mass is 79.9. The number of aliphatic hydroxyl groups is 1. The van der Waals surface area contributed by atoms with E-state index in [1.807, 2.05) is 0 Å². The van der Waals surface area contributed by atoms with Crippen LogP contribution in [-0.4, -0.2) is 5.11 Å². The van der Waals surface area contributed by atoms with Gasteiger partial charge in [0.2, 0.25) is 0 Å². The highest BCUT2D eigenvalue weighted by molar-refractivity contribution is 9.10. The molecule has 0 amide bonds. The largest absolute Gasteiger partial charge is 0.399 e. The molecule has 0 aliphatic rings. The Morgan fingerprint density at radius 1 is 1.22 bits per heavy atom. The van der Waals surface area contributed by atoms with Gasteiger partial charge < -0.3 is 10.8 Å². The molecular formula is C14H13BrFNO. The minimum atomic E-state index is -0.760. The molecule has 0 fully saturated rings. The smallest absolute Gasteiger partial charge is 0.127 e. The number of nitrogen functional groups attached to an aromatic ring is 1. The van der Waals surface area contributed by atoms with Crippen molar-refractivity contribution in [2.45, 2.75) is 12.5 Å². The van der Waals surface area contributed by atoms with E-state index < -0.39 is 6.10 Å². The fraction of sp³-hybridized carbons (Fsp3) is 0.143. The molecule has 0 radical (unpaired) electrons. The molecule has 0 heterocycles. The first kappa shape index (κ1) is 13.1. The van der Waals surface area contributed by atoms with Crippen molar-refractivity contribution in [3.8, 4) is 0 Å². The maximum atomic E-state index is 13.6. The molecule has 1 unspecified atom stereocenters. The zero-order valence-electron chi connectivity index (χ0n) is 9.61. The third-order valence-corrected chi connectivity index (χ3v) is 3.22. The highest BCUT2D eigenvalue weighted by Crippen LogP contribution is 2.23. The van der Waals surface area contributed by atoms with Crippen molar-refractivity contribution in [3.63, 3.8) is 0 Å². The number of hydrogen-bond donors (Lipinski definition) is 2. The van der Waals surface area contributed by atoms with Crippen LogP contribution in [0.2, 0.25) is 0 Å². The number of rotatable bonds is 3. The topological polar surface area (TPSA) is 46.2 Å². The van der Waals surface area contributed by atoms with Crippen LogP contribution in [0.5, 0.6) is 0 Å². The summed E-state index contributed by atoms with van der Waals surface area (Å²) in [6.07, 6.45) is -0.535. The number of halogens is 2. The summed E-state index contributed by atoms with van der Waals surface area (Å²) >= 11 is 3.20. The minimum Gasteiger partial charge on any atom is -0.399 e.